The lowest BCUT2D eigenvalue weighted by molar-refractivity contribution is -0.135. The maximum atomic E-state index is 12.7. The molecule has 1 aromatic rings. The highest BCUT2D eigenvalue weighted by Gasteiger charge is 2.39. The lowest BCUT2D eigenvalue weighted by Gasteiger charge is -2.25. The molecular formula is C16H20N2O3. The van der Waals surface area contributed by atoms with E-state index < -0.39 is 0 Å². The van der Waals surface area contributed by atoms with Gasteiger partial charge in [-0.05, 0) is 44.0 Å². The van der Waals surface area contributed by atoms with Gasteiger partial charge in [-0.1, -0.05) is 0 Å². The van der Waals surface area contributed by atoms with Gasteiger partial charge in [0.15, 0.2) is 0 Å². The Hall–Kier alpha value is -2.04. The molecule has 5 heteroatoms. The molecule has 1 unspecified atom stereocenters. The van der Waals surface area contributed by atoms with Crippen molar-refractivity contribution in [3.63, 3.8) is 0 Å². The van der Waals surface area contributed by atoms with Gasteiger partial charge in [0, 0.05) is 25.2 Å². The zero-order chi connectivity index (χ0) is 14.8. The number of hydrogen-bond donors (Lipinski definition) is 0. The van der Waals surface area contributed by atoms with Crippen LogP contribution in [0.3, 0.4) is 0 Å². The lowest BCUT2D eigenvalue weighted by Crippen LogP contribution is -2.43. The Morgan fingerprint density at radius 3 is 2.67 bits per heavy atom. The van der Waals surface area contributed by atoms with E-state index in [2.05, 4.69) is 0 Å². The molecule has 2 amide bonds. The number of carbonyl (C=O) groups excluding carboxylic acids is 2. The first-order valence-corrected chi connectivity index (χ1v) is 7.54. The smallest absolute Gasteiger partial charge is 0.249 e. The summed E-state index contributed by atoms with van der Waals surface area (Å²) in [7, 11) is 0. The van der Waals surface area contributed by atoms with Gasteiger partial charge in [-0.2, -0.15) is 0 Å². The molecule has 3 rings (SSSR count). The second-order valence-electron chi connectivity index (χ2n) is 5.41. The maximum absolute atomic E-state index is 12.7. The Bertz CT molecular complexity index is 541. The van der Waals surface area contributed by atoms with E-state index in [0.717, 1.165) is 24.3 Å². The van der Waals surface area contributed by atoms with Gasteiger partial charge in [0.05, 0.1) is 6.61 Å². The Morgan fingerprint density at radius 1 is 1.19 bits per heavy atom. The van der Waals surface area contributed by atoms with Crippen LogP contribution in [-0.2, 0) is 9.59 Å². The van der Waals surface area contributed by atoms with Crippen molar-refractivity contribution in [2.45, 2.75) is 32.2 Å². The largest absolute Gasteiger partial charge is 0.494 e. The van der Waals surface area contributed by atoms with Gasteiger partial charge in [0.25, 0.3) is 0 Å². The van der Waals surface area contributed by atoms with Crippen LogP contribution in [0.1, 0.15) is 26.2 Å². The number of nitrogens with zero attached hydrogens (tertiary/aromatic N) is 2. The molecule has 0 aliphatic carbocycles. The standard InChI is InChI=1S/C16H20N2O3/c1-2-21-13-7-5-12(6-8-13)17-11-9-15(19)18-10-3-4-14(18)16(17)20/h5-8,14H,2-4,9-11H2,1H3. The fraction of sp³-hybridized carbons (Fsp3) is 0.500. The van der Waals surface area contributed by atoms with Crippen LogP contribution < -0.4 is 9.64 Å². The summed E-state index contributed by atoms with van der Waals surface area (Å²) in [6.07, 6.45) is 2.09. The molecule has 0 bridgehead atoms. The summed E-state index contributed by atoms with van der Waals surface area (Å²) >= 11 is 0. The SMILES string of the molecule is CCOc1ccc(N2CCC(=O)N3CCCC3C2=O)cc1. The minimum Gasteiger partial charge on any atom is -0.494 e. The zero-order valence-corrected chi connectivity index (χ0v) is 12.2. The lowest BCUT2D eigenvalue weighted by atomic mass is 10.2. The van der Waals surface area contributed by atoms with Gasteiger partial charge >= 0.3 is 0 Å². The topological polar surface area (TPSA) is 49.9 Å². The molecule has 21 heavy (non-hydrogen) atoms. The molecule has 2 heterocycles. The van der Waals surface area contributed by atoms with E-state index in [1.165, 1.54) is 0 Å². The number of benzene rings is 1. The second kappa shape index (κ2) is 5.76. The molecular weight excluding hydrogens is 268 g/mol. The summed E-state index contributed by atoms with van der Waals surface area (Å²) in [6.45, 7) is 3.73. The molecule has 1 atom stereocenters. The van der Waals surface area contributed by atoms with Crippen molar-refractivity contribution in [2.24, 2.45) is 0 Å². The van der Waals surface area contributed by atoms with Crippen molar-refractivity contribution in [3.05, 3.63) is 24.3 Å². The molecule has 0 aromatic heterocycles. The number of hydrogen-bond acceptors (Lipinski definition) is 3. The third kappa shape index (κ3) is 2.60. The number of fused-ring (bicyclic) bond motifs is 1. The first kappa shape index (κ1) is 13.9. The van der Waals surface area contributed by atoms with Crippen molar-refractivity contribution >= 4 is 17.5 Å². The van der Waals surface area contributed by atoms with Crippen LogP contribution in [0, 0.1) is 0 Å². The molecule has 1 aromatic carbocycles. The predicted octanol–water partition coefficient (Wildman–Crippen LogP) is 1.81. The van der Waals surface area contributed by atoms with E-state index in [-0.39, 0.29) is 17.9 Å². The second-order valence-corrected chi connectivity index (χ2v) is 5.41. The van der Waals surface area contributed by atoms with Crippen LogP contribution in [-0.4, -0.2) is 42.5 Å². The van der Waals surface area contributed by atoms with Crippen LogP contribution in [0.4, 0.5) is 5.69 Å². The predicted molar refractivity (Wildman–Crippen MR) is 79.3 cm³/mol. The average molecular weight is 288 g/mol. The Morgan fingerprint density at radius 2 is 1.95 bits per heavy atom. The Balaban J connectivity index is 1.83. The van der Waals surface area contributed by atoms with Crippen molar-refractivity contribution in [1.82, 2.24) is 4.90 Å². The fourth-order valence-corrected chi connectivity index (χ4v) is 3.11. The highest BCUT2D eigenvalue weighted by atomic mass is 16.5. The van der Waals surface area contributed by atoms with Gasteiger partial charge in [0.1, 0.15) is 11.8 Å². The Kier molecular flexibility index (Phi) is 3.82. The van der Waals surface area contributed by atoms with E-state index in [1.807, 2.05) is 31.2 Å². The fourth-order valence-electron chi connectivity index (χ4n) is 3.11. The van der Waals surface area contributed by atoms with Gasteiger partial charge < -0.3 is 14.5 Å². The van der Waals surface area contributed by atoms with Crippen molar-refractivity contribution in [3.8, 4) is 5.75 Å². The van der Waals surface area contributed by atoms with E-state index in [0.29, 0.717) is 26.1 Å². The number of carbonyl (C=O) groups is 2. The minimum absolute atomic E-state index is 0.0440. The number of amides is 2. The highest BCUT2D eigenvalue weighted by Crippen LogP contribution is 2.27. The van der Waals surface area contributed by atoms with Gasteiger partial charge in [-0.3, -0.25) is 9.59 Å². The first-order valence-electron chi connectivity index (χ1n) is 7.54. The number of anilines is 1. The first-order chi connectivity index (χ1) is 10.2. The Labute approximate surface area is 124 Å². The summed E-state index contributed by atoms with van der Waals surface area (Å²) < 4.78 is 5.42. The van der Waals surface area contributed by atoms with E-state index in [1.54, 1.807) is 9.80 Å². The number of ether oxygens (including phenoxy) is 1. The van der Waals surface area contributed by atoms with E-state index >= 15 is 0 Å². The van der Waals surface area contributed by atoms with Crippen LogP contribution in [0.15, 0.2) is 24.3 Å². The summed E-state index contributed by atoms with van der Waals surface area (Å²) in [5.41, 5.74) is 0.838. The quantitative estimate of drug-likeness (QED) is 0.852. The molecule has 0 spiro atoms. The third-order valence-electron chi connectivity index (χ3n) is 4.13. The summed E-state index contributed by atoms with van der Waals surface area (Å²) in [5.74, 6) is 0.934. The molecule has 5 nitrogen and oxygen atoms in total. The molecule has 2 aliphatic heterocycles. The summed E-state index contributed by atoms with van der Waals surface area (Å²) in [6, 6.07) is 7.23. The van der Waals surface area contributed by atoms with Crippen LogP contribution >= 0.6 is 0 Å². The van der Waals surface area contributed by atoms with Gasteiger partial charge in [0.2, 0.25) is 11.8 Å². The summed E-state index contributed by atoms with van der Waals surface area (Å²) in [5, 5.41) is 0. The van der Waals surface area contributed by atoms with E-state index in [9.17, 15) is 9.59 Å². The molecule has 2 saturated heterocycles. The zero-order valence-electron chi connectivity index (χ0n) is 12.2. The molecule has 2 aliphatic rings. The number of rotatable bonds is 3. The van der Waals surface area contributed by atoms with Crippen LogP contribution in [0.5, 0.6) is 5.75 Å². The third-order valence-corrected chi connectivity index (χ3v) is 4.13. The maximum Gasteiger partial charge on any atom is 0.249 e. The molecule has 0 saturated carbocycles. The van der Waals surface area contributed by atoms with Gasteiger partial charge in [-0.25, -0.2) is 0 Å². The van der Waals surface area contributed by atoms with Gasteiger partial charge in [-0.15, -0.1) is 0 Å². The average Bonchev–Trinajstić information content (AvgIpc) is 2.94. The molecule has 2 fully saturated rings. The highest BCUT2D eigenvalue weighted by molar-refractivity contribution is 6.01. The normalized spacial score (nSPS) is 22.2. The molecule has 0 N–H and O–H groups in total. The van der Waals surface area contributed by atoms with E-state index in [4.69, 9.17) is 4.74 Å². The van der Waals surface area contributed by atoms with Crippen molar-refractivity contribution < 1.29 is 14.3 Å². The molecule has 0 radical (unpaired) electrons. The summed E-state index contributed by atoms with van der Waals surface area (Å²) in [4.78, 5) is 28.3. The van der Waals surface area contributed by atoms with Crippen LogP contribution in [0.25, 0.3) is 0 Å². The monoisotopic (exact) mass is 288 g/mol. The molecule has 112 valence electrons. The minimum atomic E-state index is -0.272. The van der Waals surface area contributed by atoms with Crippen molar-refractivity contribution in [2.75, 3.05) is 24.6 Å². The van der Waals surface area contributed by atoms with Crippen molar-refractivity contribution in [1.29, 1.82) is 0 Å². The van der Waals surface area contributed by atoms with Crippen LogP contribution in [0.2, 0.25) is 0 Å².